The second-order valence-corrected chi connectivity index (χ2v) is 10.3. The van der Waals surface area contributed by atoms with Crippen molar-refractivity contribution in [1.29, 1.82) is 0 Å². The Balaban J connectivity index is 1.54. The van der Waals surface area contributed by atoms with E-state index in [2.05, 4.69) is 104 Å². The molecule has 0 saturated heterocycles. The molecule has 3 aliphatic rings. The number of fused-ring (bicyclic) bond motifs is 6. The predicted molar refractivity (Wildman–Crippen MR) is 149 cm³/mol. The number of aliphatic imine (C=N–C) groups is 1. The largest absolute Gasteiger partial charge is 0.343 e. The monoisotopic (exact) mass is 466 g/mol. The molecule has 4 aromatic rings. The molecular weight excluding hydrogens is 436 g/mol. The van der Waals surface area contributed by atoms with Crippen molar-refractivity contribution in [1.82, 2.24) is 4.57 Å². The minimum Gasteiger partial charge on any atom is -0.343 e. The van der Waals surface area contributed by atoms with Crippen molar-refractivity contribution in [3.05, 3.63) is 135 Å². The van der Waals surface area contributed by atoms with E-state index in [9.17, 15) is 0 Å². The molecular formula is C34H30N2. The fourth-order valence-electron chi connectivity index (χ4n) is 6.69. The molecule has 0 unspecified atom stereocenters. The van der Waals surface area contributed by atoms with Crippen LogP contribution in [0.1, 0.15) is 52.4 Å². The average molecular weight is 467 g/mol. The van der Waals surface area contributed by atoms with E-state index in [4.69, 9.17) is 4.99 Å². The third-order valence-electron chi connectivity index (χ3n) is 8.45. The number of benzene rings is 3. The summed E-state index contributed by atoms with van der Waals surface area (Å²) in [5.41, 5.74) is 18.6. The zero-order valence-electron chi connectivity index (χ0n) is 21.2. The first-order chi connectivity index (χ1) is 17.6. The Morgan fingerprint density at radius 2 is 1.36 bits per heavy atom. The summed E-state index contributed by atoms with van der Waals surface area (Å²) in [5.74, 6) is 0. The van der Waals surface area contributed by atoms with Gasteiger partial charge in [-0.05, 0) is 78.5 Å². The fraction of sp³-hybridized carbons (Fsp3) is 0.206. The van der Waals surface area contributed by atoms with Crippen LogP contribution in [0.3, 0.4) is 0 Å². The summed E-state index contributed by atoms with van der Waals surface area (Å²) < 4.78 is 2.45. The Kier molecular flexibility index (Phi) is 4.79. The van der Waals surface area contributed by atoms with Crippen molar-refractivity contribution in [3.63, 3.8) is 0 Å². The Labute approximate surface area is 213 Å². The molecule has 0 N–H and O–H groups in total. The molecule has 36 heavy (non-hydrogen) atoms. The van der Waals surface area contributed by atoms with Crippen LogP contribution in [0.5, 0.6) is 0 Å². The molecule has 2 nitrogen and oxygen atoms in total. The van der Waals surface area contributed by atoms with Gasteiger partial charge in [-0.1, -0.05) is 78.9 Å². The summed E-state index contributed by atoms with van der Waals surface area (Å²) in [7, 11) is 2.25. The number of aryl methyl sites for hydroxylation is 2. The molecule has 0 fully saturated rings. The molecule has 0 amide bonds. The first kappa shape index (κ1) is 21.4. The van der Waals surface area contributed by atoms with Crippen molar-refractivity contribution in [2.45, 2.75) is 39.5 Å². The second kappa shape index (κ2) is 8.06. The Hall–Kier alpha value is -3.91. The van der Waals surface area contributed by atoms with Crippen LogP contribution >= 0.6 is 0 Å². The third kappa shape index (κ3) is 3.00. The van der Waals surface area contributed by atoms with Gasteiger partial charge >= 0.3 is 0 Å². The van der Waals surface area contributed by atoms with E-state index in [0.717, 1.165) is 31.4 Å². The van der Waals surface area contributed by atoms with Crippen LogP contribution in [-0.4, -0.2) is 10.3 Å². The standard InChI is InChI=1S/C34H30N2/c1-21-26-19-17-23-11-7-9-15-28(23)32(26)35-31(21)30(25-13-5-4-6-14-25)33-22(2)27-20-18-24-12-8-10-16-29(24)34(27)36(33)3/h4-16H,17-20H2,1-3H3/b31-30-. The molecule has 2 heteroatoms. The molecule has 1 aromatic heterocycles. The summed E-state index contributed by atoms with van der Waals surface area (Å²) in [5, 5.41) is 0. The van der Waals surface area contributed by atoms with Crippen LogP contribution in [0, 0.1) is 6.92 Å². The van der Waals surface area contributed by atoms with Crippen molar-refractivity contribution >= 4 is 11.3 Å². The van der Waals surface area contributed by atoms with Crippen LogP contribution in [0.15, 0.2) is 101 Å². The summed E-state index contributed by atoms with van der Waals surface area (Å²) in [6, 6.07) is 28.6. The van der Waals surface area contributed by atoms with Gasteiger partial charge in [-0.2, -0.15) is 0 Å². The predicted octanol–water partition coefficient (Wildman–Crippen LogP) is 7.62. The van der Waals surface area contributed by atoms with Gasteiger partial charge in [-0.15, -0.1) is 0 Å². The van der Waals surface area contributed by atoms with Crippen LogP contribution in [0.25, 0.3) is 16.8 Å². The minimum absolute atomic E-state index is 1.06. The first-order valence-electron chi connectivity index (χ1n) is 13.1. The van der Waals surface area contributed by atoms with Crippen LogP contribution in [-0.2, 0) is 26.3 Å². The topological polar surface area (TPSA) is 17.3 Å². The highest BCUT2D eigenvalue weighted by Crippen LogP contribution is 2.45. The van der Waals surface area contributed by atoms with Gasteiger partial charge in [0, 0.05) is 23.7 Å². The fourth-order valence-corrected chi connectivity index (χ4v) is 6.69. The lowest BCUT2D eigenvalue weighted by molar-refractivity contribution is 0.878. The SMILES string of the molecule is CC1=C2CCc3ccccc3C2=N/C1=C(/c1ccccc1)c1c(C)c2c(n1C)-c1ccccc1CC2. The third-order valence-corrected chi connectivity index (χ3v) is 8.45. The summed E-state index contributed by atoms with van der Waals surface area (Å²) >= 11 is 0. The normalized spacial score (nSPS) is 17.2. The maximum atomic E-state index is 5.43. The van der Waals surface area contributed by atoms with Gasteiger partial charge in [0.1, 0.15) is 0 Å². The molecule has 0 bridgehead atoms. The average Bonchev–Trinajstić information content (AvgIpc) is 3.39. The van der Waals surface area contributed by atoms with E-state index in [1.54, 1.807) is 0 Å². The van der Waals surface area contributed by atoms with Crippen molar-refractivity contribution in [3.8, 4) is 11.3 Å². The molecule has 176 valence electrons. The quantitative estimate of drug-likeness (QED) is 0.289. The first-order valence-corrected chi connectivity index (χ1v) is 13.1. The minimum atomic E-state index is 1.06. The summed E-state index contributed by atoms with van der Waals surface area (Å²) in [6.45, 7) is 4.60. The molecule has 0 spiro atoms. The molecule has 0 radical (unpaired) electrons. The number of nitrogens with zero attached hydrogens (tertiary/aromatic N) is 2. The highest BCUT2D eigenvalue weighted by molar-refractivity contribution is 6.18. The van der Waals surface area contributed by atoms with Crippen LogP contribution < -0.4 is 0 Å². The lowest BCUT2D eigenvalue weighted by atomic mass is 9.84. The van der Waals surface area contributed by atoms with Crippen LogP contribution in [0.2, 0.25) is 0 Å². The molecule has 3 aromatic carbocycles. The van der Waals surface area contributed by atoms with E-state index in [1.807, 2.05) is 0 Å². The van der Waals surface area contributed by atoms with Gasteiger partial charge in [0.2, 0.25) is 0 Å². The summed E-state index contributed by atoms with van der Waals surface area (Å²) in [6.07, 6.45) is 4.34. The van der Waals surface area contributed by atoms with E-state index < -0.39 is 0 Å². The van der Waals surface area contributed by atoms with Gasteiger partial charge in [0.25, 0.3) is 0 Å². The Bertz CT molecular complexity index is 1640. The van der Waals surface area contributed by atoms with Crippen molar-refractivity contribution in [2.24, 2.45) is 12.0 Å². The van der Waals surface area contributed by atoms with Crippen molar-refractivity contribution in [2.75, 3.05) is 0 Å². The van der Waals surface area contributed by atoms with Gasteiger partial charge in [-0.3, -0.25) is 0 Å². The maximum absolute atomic E-state index is 5.43. The summed E-state index contributed by atoms with van der Waals surface area (Å²) in [4.78, 5) is 5.43. The lowest BCUT2D eigenvalue weighted by Gasteiger charge is -2.19. The number of hydrogen-bond acceptors (Lipinski definition) is 1. The molecule has 1 aliphatic heterocycles. The van der Waals surface area contributed by atoms with E-state index in [0.29, 0.717) is 0 Å². The number of hydrogen-bond donors (Lipinski definition) is 0. The molecule has 0 saturated carbocycles. The Morgan fingerprint density at radius 1 is 0.722 bits per heavy atom. The van der Waals surface area contributed by atoms with E-state index in [1.165, 1.54) is 72.8 Å². The molecule has 7 rings (SSSR count). The zero-order chi connectivity index (χ0) is 24.4. The molecule has 2 heterocycles. The molecule has 0 atom stereocenters. The number of aromatic nitrogens is 1. The van der Waals surface area contributed by atoms with Gasteiger partial charge in [0.15, 0.2) is 0 Å². The smallest absolute Gasteiger partial charge is 0.0769 e. The maximum Gasteiger partial charge on any atom is 0.0769 e. The zero-order valence-corrected chi connectivity index (χ0v) is 21.2. The second-order valence-electron chi connectivity index (χ2n) is 10.3. The van der Waals surface area contributed by atoms with E-state index in [-0.39, 0.29) is 0 Å². The lowest BCUT2D eigenvalue weighted by Crippen LogP contribution is -2.13. The van der Waals surface area contributed by atoms with Crippen molar-refractivity contribution < 1.29 is 0 Å². The number of rotatable bonds is 2. The highest BCUT2D eigenvalue weighted by atomic mass is 15.0. The Morgan fingerprint density at radius 3 is 2.14 bits per heavy atom. The van der Waals surface area contributed by atoms with Gasteiger partial charge in [0.05, 0.1) is 22.8 Å². The van der Waals surface area contributed by atoms with Crippen LogP contribution in [0.4, 0.5) is 0 Å². The highest BCUT2D eigenvalue weighted by Gasteiger charge is 2.32. The van der Waals surface area contributed by atoms with E-state index >= 15 is 0 Å². The van der Waals surface area contributed by atoms with Gasteiger partial charge < -0.3 is 4.57 Å². The molecule has 2 aliphatic carbocycles. The number of allylic oxidation sites excluding steroid dienone is 2. The van der Waals surface area contributed by atoms with Gasteiger partial charge in [-0.25, -0.2) is 4.99 Å².